The molecule has 2 fully saturated rings. The second-order valence-corrected chi connectivity index (χ2v) is 7.55. The van der Waals surface area contributed by atoms with E-state index in [1.165, 1.54) is 23.7 Å². The first-order chi connectivity index (χ1) is 8.21. The highest BCUT2D eigenvalue weighted by atomic mass is 35.5. The minimum Gasteiger partial charge on any atom is -0.353 e. The highest BCUT2D eigenvalue weighted by Gasteiger charge is 2.34. The first-order valence-corrected chi connectivity index (χ1v) is 8.64. The van der Waals surface area contributed by atoms with Gasteiger partial charge < -0.3 is 10.6 Å². The number of carbonyl (C=O) groups excluding carboxylic acids is 1. The van der Waals surface area contributed by atoms with E-state index in [0.29, 0.717) is 5.25 Å². The van der Waals surface area contributed by atoms with E-state index in [2.05, 4.69) is 10.6 Å². The van der Waals surface area contributed by atoms with Crippen LogP contribution in [-0.2, 0) is 4.79 Å². The first kappa shape index (κ1) is 16.5. The van der Waals surface area contributed by atoms with Crippen LogP contribution >= 0.6 is 35.9 Å². The Morgan fingerprint density at radius 2 is 2.28 bits per heavy atom. The normalized spacial score (nSPS) is 32.4. The van der Waals surface area contributed by atoms with Crippen LogP contribution in [0.2, 0.25) is 0 Å². The number of amides is 1. The summed E-state index contributed by atoms with van der Waals surface area (Å²) >= 11 is 4.00. The van der Waals surface area contributed by atoms with Crippen molar-refractivity contribution in [3.63, 3.8) is 0 Å². The fraction of sp³-hybridized carbons (Fsp3) is 0.917. The molecule has 0 saturated carbocycles. The number of thioether (sulfide) groups is 2. The molecule has 0 aromatic carbocycles. The molecule has 106 valence electrons. The monoisotopic (exact) mass is 310 g/mol. The van der Waals surface area contributed by atoms with Crippen LogP contribution in [0.3, 0.4) is 0 Å². The molecular formula is C12H23ClN2OS2. The van der Waals surface area contributed by atoms with Gasteiger partial charge in [0.15, 0.2) is 0 Å². The van der Waals surface area contributed by atoms with Crippen molar-refractivity contribution in [1.29, 1.82) is 0 Å². The zero-order chi connectivity index (χ0) is 12.1. The summed E-state index contributed by atoms with van der Waals surface area (Å²) in [6.45, 7) is 3.83. The van der Waals surface area contributed by atoms with Gasteiger partial charge in [0.05, 0.1) is 5.54 Å². The van der Waals surface area contributed by atoms with Crippen LogP contribution in [0.5, 0.6) is 0 Å². The smallest absolute Gasteiger partial charge is 0.240 e. The topological polar surface area (TPSA) is 41.1 Å². The third-order valence-corrected chi connectivity index (χ3v) is 6.34. The first-order valence-electron chi connectivity index (χ1n) is 6.43. The maximum absolute atomic E-state index is 12.2. The van der Waals surface area contributed by atoms with Crippen LogP contribution < -0.4 is 10.6 Å². The van der Waals surface area contributed by atoms with E-state index in [1.54, 1.807) is 0 Å². The second kappa shape index (κ2) is 7.88. The van der Waals surface area contributed by atoms with E-state index in [4.69, 9.17) is 0 Å². The standard InChI is InChI=1S/C12H22N2OS2.ClH/c1-12(4-2-3-5-14-12)11(15)13-8-10-9-16-6-7-17-10;/h10,14H,2-9H2,1H3,(H,13,15);1H. The summed E-state index contributed by atoms with van der Waals surface area (Å²) in [6, 6.07) is 0. The number of nitrogens with one attached hydrogen (secondary N) is 2. The Labute approximate surface area is 124 Å². The Morgan fingerprint density at radius 1 is 1.44 bits per heavy atom. The third-order valence-electron chi connectivity index (χ3n) is 3.50. The lowest BCUT2D eigenvalue weighted by molar-refractivity contribution is -0.127. The molecule has 0 aliphatic carbocycles. The second-order valence-electron chi connectivity index (χ2n) is 4.99. The zero-order valence-electron chi connectivity index (χ0n) is 10.9. The predicted molar refractivity (Wildman–Crippen MR) is 84.1 cm³/mol. The average Bonchev–Trinajstić information content (AvgIpc) is 2.38. The summed E-state index contributed by atoms with van der Waals surface area (Å²) in [5.41, 5.74) is -0.329. The molecule has 0 bridgehead atoms. The van der Waals surface area contributed by atoms with Gasteiger partial charge in [0.1, 0.15) is 0 Å². The summed E-state index contributed by atoms with van der Waals surface area (Å²) in [4.78, 5) is 12.2. The lowest BCUT2D eigenvalue weighted by atomic mass is 9.90. The van der Waals surface area contributed by atoms with Crippen LogP contribution in [0, 0.1) is 0 Å². The fourth-order valence-electron chi connectivity index (χ4n) is 2.31. The molecule has 0 aromatic rings. The molecular weight excluding hydrogens is 288 g/mol. The number of piperidine rings is 1. The van der Waals surface area contributed by atoms with Crippen molar-refractivity contribution in [3.05, 3.63) is 0 Å². The van der Waals surface area contributed by atoms with E-state index < -0.39 is 0 Å². The van der Waals surface area contributed by atoms with Crippen molar-refractivity contribution in [2.45, 2.75) is 37.0 Å². The van der Waals surface area contributed by atoms with E-state index >= 15 is 0 Å². The van der Waals surface area contributed by atoms with Gasteiger partial charge in [-0.15, -0.1) is 12.4 Å². The SMILES string of the molecule is CC1(C(=O)NCC2CSCCS2)CCCCN1.Cl. The number of halogens is 1. The molecule has 6 heteroatoms. The lowest BCUT2D eigenvalue weighted by Crippen LogP contribution is -2.57. The lowest BCUT2D eigenvalue weighted by Gasteiger charge is -2.34. The molecule has 0 radical (unpaired) electrons. The molecule has 2 rings (SSSR count). The van der Waals surface area contributed by atoms with Gasteiger partial charge in [0.25, 0.3) is 0 Å². The Bertz CT molecular complexity index is 267. The highest BCUT2D eigenvalue weighted by molar-refractivity contribution is 8.06. The minimum absolute atomic E-state index is 0. The van der Waals surface area contributed by atoms with E-state index in [0.717, 1.165) is 25.9 Å². The van der Waals surface area contributed by atoms with Gasteiger partial charge in [-0.2, -0.15) is 23.5 Å². The van der Waals surface area contributed by atoms with Gasteiger partial charge in [-0.1, -0.05) is 0 Å². The van der Waals surface area contributed by atoms with Gasteiger partial charge in [0.2, 0.25) is 5.91 Å². The van der Waals surface area contributed by atoms with E-state index in [9.17, 15) is 4.79 Å². The largest absolute Gasteiger partial charge is 0.353 e. The number of rotatable bonds is 3. The summed E-state index contributed by atoms with van der Waals surface area (Å²) in [7, 11) is 0. The third kappa shape index (κ3) is 4.51. The van der Waals surface area contributed by atoms with Crippen molar-refractivity contribution in [3.8, 4) is 0 Å². The van der Waals surface area contributed by atoms with E-state index in [1.807, 2.05) is 30.4 Å². The zero-order valence-corrected chi connectivity index (χ0v) is 13.3. The molecule has 1 amide bonds. The minimum atomic E-state index is -0.329. The summed E-state index contributed by atoms with van der Waals surface area (Å²) < 4.78 is 0. The molecule has 2 unspecified atom stereocenters. The van der Waals surface area contributed by atoms with Crippen LogP contribution in [0.4, 0.5) is 0 Å². The molecule has 2 saturated heterocycles. The number of hydrogen-bond acceptors (Lipinski definition) is 4. The van der Waals surface area contributed by atoms with Gasteiger partial charge in [-0.3, -0.25) is 4.79 Å². The van der Waals surface area contributed by atoms with Crippen LogP contribution in [-0.4, -0.2) is 47.0 Å². The summed E-state index contributed by atoms with van der Waals surface area (Å²) in [5.74, 6) is 3.85. The molecule has 2 N–H and O–H groups in total. The molecule has 0 aromatic heterocycles. The van der Waals surface area contributed by atoms with Crippen LogP contribution in [0.25, 0.3) is 0 Å². The van der Waals surface area contributed by atoms with Crippen LogP contribution in [0.1, 0.15) is 26.2 Å². The molecule has 18 heavy (non-hydrogen) atoms. The van der Waals surface area contributed by atoms with Crippen molar-refractivity contribution in [1.82, 2.24) is 10.6 Å². The molecule has 3 nitrogen and oxygen atoms in total. The number of carbonyl (C=O) groups is 1. The van der Waals surface area contributed by atoms with Gasteiger partial charge in [-0.05, 0) is 32.7 Å². The Hall–Kier alpha value is 0.420. The molecule has 2 heterocycles. The molecule has 2 atom stereocenters. The van der Waals surface area contributed by atoms with Gasteiger partial charge >= 0.3 is 0 Å². The maximum atomic E-state index is 12.2. The summed E-state index contributed by atoms with van der Waals surface area (Å²) in [6.07, 6.45) is 3.31. The Kier molecular flexibility index (Phi) is 7.21. The summed E-state index contributed by atoms with van der Waals surface area (Å²) in [5, 5.41) is 7.09. The predicted octanol–water partition coefficient (Wildman–Crippen LogP) is 1.91. The van der Waals surface area contributed by atoms with E-state index in [-0.39, 0.29) is 23.9 Å². The number of hydrogen-bond donors (Lipinski definition) is 2. The maximum Gasteiger partial charge on any atom is 0.240 e. The van der Waals surface area contributed by atoms with Crippen molar-refractivity contribution < 1.29 is 4.79 Å². The highest BCUT2D eigenvalue weighted by Crippen LogP contribution is 2.24. The van der Waals surface area contributed by atoms with Crippen molar-refractivity contribution in [2.75, 3.05) is 30.3 Å². The van der Waals surface area contributed by atoms with Crippen LogP contribution in [0.15, 0.2) is 0 Å². The van der Waals surface area contributed by atoms with Gasteiger partial charge in [-0.25, -0.2) is 0 Å². The molecule has 2 aliphatic heterocycles. The van der Waals surface area contributed by atoms with Gasteiger partial charge in [0, 0.05) is 29.1 Å². The quantitative estimate of drug-likeness (QED) is 0.835. The fourth-order valence-corrected chi connectivity index (χ4v) is 4.92. The Balaban J connectivity index is 0.00000162. The Morgan fingerprint density at radius 3 is 2.89 bits per heavy atom. The molecule has 0 spiro atoms. The molecule has 2 aliphatic rings. The van der Waals surface area contributed by atoms with Crippen molar-refractivity contribution in [2.24, 2.45) is 0 Å². The van der Waals surface area contributed by atoms with Crippen molar-refractivity contribution >= 4 is 41.8 Å². The average molecular weight is 311 g/mol.